The van der Waals surface area contributed by atoms with Crippen LogP contribution in [0.3, 0.4) is 0 Å². The van der Waals surface area contributed by atoms with E-state index in [9.17, 15) is 35.1 Å². The molecule has 13 heteroatoms. The van der Waals surface area contributed by atoms with Crippen molar-refractivity contribution in [3.8, 4) is 0 Å². The van der Waals surface area contributed by atoms with Crippen LogP contribution in [-0.4, -0.2) is 120 Å². The fourth-order valence-electron chi connectivity index (χ4n) is 3.39. The summed E-state index contributed by atoms with van der Waals surface area (Å²) in [4.78, 5) is 23.0. The van der Waals surface area contributed by atoms with E-state index in [0.717, 1.165) is 7.11 Å². The van der Waals surface area contributed by atoms with Crippen molar-refractivity contribution in [2.24, 2.45) is 0 Å². The van der Waals surface area contributed by atoms with Crippen LogP contribution in [0.1, 0.15) is 6.92 Å². The largest absolute Gasteiger partial charge is 0.479 e. The molecule has 13 nitrogen and oxygen atoms in total. The van der Waals surface area contributed by atoms with Crippen LogP contribution in [0.4, 0.5) is 0 Å². The molecule has 0 bridgehead atoms. The number of hydrogen-bond acceptors (Lipinski definition) is 11. The van der Waals surface area contributed by atoms with Crippen molar-refractivity contribution in [1.29, 1.82) is 0 Å². The van der Waals surface area contributed by atoms with Crippen molar-refractivity contribution in [2.75, 3.05) is 20.8 Å². The second-order valence-electron chi connectivity index (χ2n) is 6.72. The molecule has 0 radical (unpaired) electrons. The van der Waals surface area contributed by atoms with Crippen LogP contribution >= 0.6 is 0 Å². The lowest BCUT2D eigenvalue weighted by Gasteiger charge is -2.47. The summed E-state index contributed by atoms with van der Waals surface area (Å²) in [5, 5.41) is 52.3. The van der Waals surface area contributed by atoms with Gasteiger partial charge in [0.15, 0.2) is 18.7 Å². The van der Waals surface area contributed by atoms with Crippen molar-refractivity contribution in [3.05, 3.63) is 0 Å². The quantitative estimate of drug-likeness (QED) is 0.233. The minimum atomic E-state index is -1.74. The number of nitrogens with one attached hydrogen (secondary N) is 1. The number of methoxy groups -OCH3 is 2. The maximum atomic E-state index is 11.6. The van der Waals surface area contributed by atoms with Gasteiger partial charge in [-0.15, -0.1) is 0 Å². The molecule has 2 heterocycles. The van der Waals surface area contributed by atoms with Gasteiger partial charge in [0.25, 0.3) is 0 Å². The second kappa shape index (κ2) is 10.1. The van der Waals surface area contributed by atoms with E-state index in [-0.39, 0.29) is 0 Å². The highest BCUT2D eigenvalue weighted by Crippen LogP contribution is 2.30. The molecule has 0 spiro atoms. The molecule has 29 heavy (non-hydrogen) atoms. The topological polar surface area (TPSA) is 193 Å². The number of aliphatic hydroxyl groups excluding tert-OH is 4. The Balaban J connectivity index is 2.30. The first-order chi connectivity index (χ1) is 13.7. The highest BCUT2D eigenvalue weighted by Gasteiger charge is 2.53. The lowest BCUT2D eigenvalue weighted by molar-refractivity contribution is -0.339. The Hall–Kier alpha value is -1.42. The Morgan fingerprint density at radius 3 is 2.10 bits per heavy atom. The van der Waals surface area contributed by atoms with Gasteiger partial charge in [-0.25, -0.2) is 4.79 Å². The van der Waals surface area contributed by atoms with Gasteiger partial charge in [-0.3, -0.25) is 4.79 Å². The van der Waals surface area contributed by atoms with Crippen LogP contribution < -0.4 is 5.32 Å². The van der Waals surface area contributed by atoms with Crippen LogP contribution in [0.15, 0.2) is 0 Å². The maximum Gasteiger partial charge on any atom is 0.335 e. The number of carbonyl (C=O) groups excluding carboxylic acids is 1. The summed E-state index contributed by atoms with van der Waals surface area (Å²) in [5.74, 6) is -1.98. The Morgan fingerprint density at radius 2 is 1.62 bits per heavy atom. The number of amides is 1. The van der Waals surface area contributed by atoms with E-state index in [1.807, 2.05) is 0 Å². The zero-order valence-electron chi connectivity index (χ0n) is 16.1. The zero-order chi connectivity index (χ0) is 21.9. The number of carboxylic acids is 1. The molecule has 2 fully saturated rings. The van der Waals surface area contributed by atoms with Gasteiger partial charge >= 0.3 is 5.97 Å². The van der Waals surface area contributed by atoms with E-state index in [1.54, 1.807) is 0 Å². The zero-order valence-corrected chi connectivity index (χ0v) is 16.1. The number of rotatable bonds is 7. The minimum Gasteiger partial charge on any atom is -0.479 e. The first-order valence-corrected chi connectivity index (χ1v) is 8.83. The summed E-state index contributed by atoms with van der Waals surface area (Å²) < 4.78 is 26.3. The van der Waals surface area contributed by atoms with Crippen molar-refractivity contribution >= 4 is 11.9 Å². The number of carbonyl (C=O) groups is 2. The van der Waals surface area contributed by atoms with Crippen molar-refractivity contribution in [1.82, 2.24) is 5.32 Å². The Kier molecular flexibility index (Phi) is 8.28. The van der Waals surface area contributed by atoms with Crippen molar-refractivity contribution in [2.45, 2.75) is 68.3 Å². The van der Waals surface area contributed by atoms with Crippen LogP contribution in [0.5, 0.6) is 0 Å². The summed E-state index contributed by atoms with van der Waals surface area (Å²) in [7, 11) is 2.41. The predicted molar refractivity (Wildman–Crippen MR) is 90.3 cm³/mol. The molecule has 1 amide bonds. The molecule has 6 N–H and O–H groups in total. The number of hydrogen-bond donors (Lipinski definition) is 6. The number of aliphatic carboxylic acids is 1. The molecule has 2 rings (SSSR count). The number of aliphatic hydroxyl groups is 4. The third kappa shape index (κ3) is 5.02. The molecule has 2 saturated heterocycles. The van der Waals surface area contributed by atoms with Crippen molar-refractivity contribution in [3.63, 3.8) is 0 Å². The molecule has 0 aromatic carbocycles. The molecule has 2 aliphatic heterocycles. The standard InChI is InChI=1S/C16H27NO12/c1-5(19)17-7-11(8(20)6(4-18)27-15(7)26-3)28-16-10(22)9(21)12(25-2)13(29-16)14(23)24/h6-13,15-16,18,20-22H,4H2,1-3H3,(H,17,19)(H,23,24)/t6-,7-,8-,9-,10-,11-,12+,13?,15-,16-/m1/s1. The van der Waals surface area contributed by atoms with Gasteiger partial charge < -0.3 is 54.5 Å². The molecule has 10 atom stereocenters. The summed E-state index contributed by atoms with van der Waals surface area (Å²) in [6.45, 7) is 0.585. The molecule has 168 valence electrons. The SMILES string of the molecule is CO[C@@H]1O[C@H](CO)[C@@H](O)[C@H](O[C@@H]2OC(C(=O)O)[C@@H](OC)[C@H](O)[C@H]2O)[C@H]1NC(C)=O. The highest BCUT2D eigenvalue weighted by atomic mass is 16.7. The van der Waals surface area contributed by atoms with Gasteiger partial charge in [0.1, 0.15) is 42.7 Å². The minimum absolute atomic E-state index is 0.517. The van der Waals surface area contributed by atoms with Gasteiger partial charge in [0, 0.05) is 21.1 Å². The molecule has 0 aromatic heterocycles. The lowest BCUT2D eigenvalue weighted by Crippen LogP contribution is -2.68. The number of carboxylic acid groups (broad SMARTS) is 1. The fourth-order valence-corrected chi connectivity index (χ4v) is 3.39. The molecule has 0 aromatic rings. The average molecular weight is 425 g/mol. The van der Waals surface area contributed by atoms with Crippen molar-refractivity contribution < 1.29 is 58.8 Å². The van der Waals surface area contributed by atoms with Crippen LogP contribution in [0, 0.1) is 0 Å². The Bertz CT molecular complexity index is 576. The van der Waals surface area contributed by atoms with E-state index in [4.69, 9.17) is 23.7 Å². The van der Waals surface area contributed by atoms with Gasteiger partial charge in [-0.1, -0.05) is 0 Å². The summed E-state index contributed by atoms with van der Waals surface area (Å²) in [6.07, 6.45) is -13.3. The van der Waals surface area contributed by atoms with Crippen LogP contribution in [-0.2, 0) is 33.3 Å². The van der Waals surface area contributed by atoms with Gasteiger partial charge in [-0.05, 0) is 0 Å². The lowest BCUT2D eigenvalue weighted by atomic mass is 9.95. The van der Waals surface area contributed by atoms with E-state index in [2.05, 4.69) is 5.32 Å². The molecule has 2 aliphatic rings. The van der Waals surface area contributed by atoms with Gasteiger partial charge in [0.05, 0.1) is 6.61 Å². The smallest absolute Gasteiger partial charge is 0.335 e. The average Bonchev–Trinajstić information content (AvgIpc) is 2.67. The molecular weight excluding hydrogens is 398 g/mol. The normalized spacial score (nSPS) is 43.0. The maximum absolute atomic E-state index is 11.6. The van der Waals surface area contributed by atoms with Crippen LogP contribution in [0.2, 0.25) is 0 Å². The highest BCUT2D eigenvalue weighted by molar-refractivity contribution is 5.73. The second-order valence-corrected chi connectivity index (χ2v) is 6.72. The Labute approximate surface area is 166 Å². The fraction of sp³-hybridized carbons (Fsp3) is 0.875. The van der Waals surface area contributed by atoms with E-state index < -0.39 is 79.8 Å². The third-order valence-electron chi connectivity index (χ3n) is 4.81. The molecule has 1 unspecified atom stereocenters. The first-order valence-electron chi connectivity index (χ1n) is 8.83. The summed E-state index contributed by atoms with van der Waals surface area (Å²) in [5.41, 5.74) is 0. The van der Waals surface area contributed by atoms with Gasteiger partial charge in [0.2, 0.25) is 5.91 Å². The first kappa shape index (κ1) is 23.9. The molecule has 0 saturated carbocycles. The van der Waals surface area contributed by atoms with E-state index in [1.165, 1.54) is 14.0 Å². The molecular formula is C16H27NO12. The monoisotopic (exact) mass is 425 g/mol. The summed E-state index contributed by atoms with van der Waals surface area (Å²) in [6, 6.07) is -1.10. The molecule has 0 aliphatic carbocycles. The number of ether oxygens (including phenoxy) is 5. The Morgan fingerprint density at radius 1 is 0.966 bits per heavy atom. The van der Waals surface area contributed by atoms with E-state index >= 15 is 0 Å². The summed E-state index contributed by atoms with van der Waals surface area (Å²) >= 11 is 0. The third-order valence-corrected chi connectivity index (χ3v) is 4.81. The predicted octanol–water partition coefficient (Wildman–Crippen LogP) is -3.85. The van der Waals surface area contributed by atoms with Gasteiger partial charge in [-0.2, -0.15) is 0 Å². The van der Waals surface area contributed by atoms with E-state index in [0.29, 0.717) is 0 Å². The van der Waals surface area contributed by atoms with Crippen LogP contribution in [0.25, 0.3) is 0 Å².